The number of carbonyl (C=O) groups is 2. The Morgan fingerprint density at radius 1 is 1.15 bits per heavy atom. The van der Waals surface area contributed by atoms with Gasteiger partial charge in [0.2, 0.25) is 5.43 Å². The quantitative estimate of drug-likeness (QED) is 0.509. The van der Waals surface area contributed by atoms with Gasteiger partial charge in [0.25, 0.3) is 5.91 Å². The summed E-state index contributed by atoms with van der Waals surface area (Å²) in [4.78, 5) is 42.4. The molecule has 0 saturated carbocycles. The van der Waals surface area contributed by atoms with Crippen LogP contribution in [-0.4, -0.2) is 80.7 Å². The lowest BCUT2D eigenvalue weighted by Gasteiger charge is -2.56. The fourth-order valence-electron chi connectivity index (χ4n) is 5.37. The first-order chi connectivity index (χ1) is 18.7. The van der Waals surface area contributed by atoms with Crippen molar-refractivity contribution in [1.29, 1.82) is 0 Å². The minimum atomic E-state index is -0.782. The monoisotopic (exact) mass is 556 g/mol. The minimum absolute atomic E-state index is 0.114. The normalized spacial score (nSPS) is 16.5. The molecule has 1 saturated heterocycles. The van der Waals surface area contributed by atoms with Crippen LogP contribution in [0.4, 0.5) is 9.18 Å². The van der Waals surface area contributed by atoms with Crippen LogP contribution in [0.1, 0.15) is 47.7 Å². The average molecular weight is 557 g/mol. The number of rotatable bonds is 5. The summed E-state index contributed by atoms with van der Waals surface area (Å²) in [7, 11) is 1.80. The Morgan fingerprint density at radius 2 is 1.85 bits per heavy atom. The molecule has 0 unspecified atom stereocenters. The van der Waals surface area contributed by atoms with Gasteiger partial charge in [0.15, 0.2) is 16.5 Å². The molecule has 39 heavy (non-hydrogen) atoms. The van der Waals surface area contributed by atoms with E-state index in [0.29, 0.717) is 48.9 Å². The summed E-state index contributed by atoms with van der Waals surface area (Å²) in [6.45, 7) is 4.98. The Bertz CT molecular complexity index is 1460. The predicted octanol–water partition coefficient (Wildman–Crippen LogP) is 2.79. The van der Waals surface area contributed by atoms with Crippen LogP contribution in [0, 0.1) is 5.82 Å². The predicted molar refractivity (Wildman–Crippen MR) is 142 cm³/mol. The molecule has 2 aliphatic heterocycles. The third-order valence-corrected chi connectivity index (χ3v) is 8.37. The molecule has 4 heterocycles. The van der Waals surface area contributed by atoms with Crippen molar-refractivity contribution < 1.29 is 23.8 Å². The van der Waals surface area contributed by atoms with Crippen LogP contribution in [-0.2, 0) is 11.2 Å². The summed E-state index contributed by atoms with van der Waals surface area (Å²) in [5.74, 6) is -1.45. The summed E-state index contributed by atoms with van der Waals surface area (Å²) in [5, 5.41) is 22.1. The van der Waals surface area contributed by atoms with Crippen molar-refractivity contribution in [2.75, 3.05) is 38.3 Å². The molecule has 2 aromatic heterocycles. The zero-order chi connectivity index (χ0) is 27.9. The van der Waals surface area contributed by atoms with Crippen LogP contribution < -0.4 is 10.4 Å². The zero-order valence-corrected chi connectivity index (χ0v) is 22.7. The van der Waals surface area contributed by atoms with E-state index in [1.54, 1.807) is 35.9 Å². The van der Waals surface area contributed by atoms with Gasteiger partial charge < -0.3 is 19.6 Å². The van der Waals surface area contributed by atoms with Crippen LogP contribution in [0.5, 0.6) is 5.75 Å². The second-order valence-electron chi connectivity index (χ2n) is 9.46. The number of ether oxygens (including phenoxy) is 1. The molecule has 13 heteroatoms. The number of piperidine rings is 1. The van der Waals surface area contributed by atoms with Gasteiger partial charge in [0, 0.05) is 52.1 Å². The molecule has 1 spiro atoms. The number of hydrogen-bond donors (Lipinski definition) is 1. The lowest BCUT2D eigenvalue weighted by molar-refractivity contribution is -0.000612. The molecule has 2 amide bonds. The second-order valence-corrected chi connectivity index (χ2v) is 10.5. The van der Waals surface area contributed by atoms with Crippen LogP contribution in [0.3, 0.4) is 0 Å². The van der Waals surface area contributed by atoms with Crippen molar-refractivity contribution in [3.8, 4) is 16.3 Å². The van der Waals surface area contributed by atoms with Crippen molar-refractivity contribution >= 4 is 23.3 Å². The van der Waals surface area contributed by atoms with Crippen molar-refractivity contribution in [1.82, 2.24) is 24.7 Å². The van der Waals surface area contributed by atoms with E-state index in [4.69, 9.17) is 4.74 Å². The molecule has 0 aliphatic carbocycles. The van der Waals surface area contributed by atoms with Gasteiger partial charge in [-0.2, -0.15) is 0 Å². The number of hydrogen-bond acceptors (Lipinski definition) is 9. The molecule has 2 aliphatic rings. The van der Waals surface area contributed by atoms with Crippen molar-refractivity contribution in [2.45, 2.75) is 38.8 Å². The fourth-order valence-corrected chi connectivity index (χ4v) is 6.25. The van der Waals surface area contributed by atoms with Gasteiger partial charge in [-0.3, -0.25) is 19.3 Å². The number of aromatic nitrogens is 3. The highest BCUT2D eigenvalue weighted by molar-refractivity contribution is 7.14. The Morgan fingerprint density at radius 3 is 2.49 bits per heavy atom. The Kier molecular flexibility index (Phi) is 7.02. The van der Waals surface area contributed by atoms with Crippen molar-refractivity contribution in [3.05, 3.63) is 62.8 Å². The van der Waals surface area contributed by atoms with Crippen molar-refractivity contribution in [3.63, 3.8) is 0 Å². The number of amides is 2. The van der Waals surface area contributed by atoms with E-state index in [-0.39, 0.29) is 23.7 Å². The fraction of sp³-hybridized carbons (Fsp3) is 0.423. The van der Waals surface area contributed by atoms with E-state index in [1.807, 2.05) is 11.9 Å². The number of aromatic hydroxyl groups is 1. The van der Waals surface area contributed by atoms with Gasteiger partial charge in [-0.1, -0.05) is 23.5 Å². The van der Waals surface area contributed by atoms with Gasteiger partial charge >= 0.3 is 6.09 Å². The van der Waals surface area contributed by atoms with E-state index < -0.39 is 28.8 Å². The maximum atomic E-state index is 13.7. The number of pyridine rings is 1. The third kappa shape index (κ3) is 4.50. The van der Waals surface area contributed by atoms with Gasteiger partial charge in [-0.25, -0.2) is 9.18 Å². The largest absolute Gasteiger partial charge is 0.502 e. The maximum absolute atomic E-state index is 13.7. The smallest absolute Gasteiger partial charge is 0.409 e. The van der Waals surface area contributed by atoms with Crippen LogP contribution in [0.2, 0.25) is 0 Å². The van der Waals surface area contributed by atoms with E-state index in [9.17, 15) is 23.9 Å². The molecule has 11 nitrogen and oxygen atoms in total. The molecule has 0 atom stereocenters. The summed E-state index contributed by atoms with van der Waals surface area (Å²) < 4.78 is 19.9. The van der Waals surface area contributed by atoms with E-state index in [2.05, 4.69) is 10.2 Å². The summed E-state index contributed by atoms with van der Waals surface area (Å²) >= 11 is 1.19. The third-order valence-electron chi connectivity index (χ3n) is 7.41. The lowest BCUT2D eigenvalue weighted by atomic mass is 9.92. The number of benzene rings is 1. The molecule has 0 bridgehead atoms. The Balaban J connectivity index is 1.50. The Labute approximate surface area is 228 Å². The van der Waals surface area contributed by atoms with Crippen LogP contribution >= 0.6 is 11.3 Å². The average Bonchev–Trinajstić information content (AvgIpc) is 3.39. The first-order valence-electron chi connectivity index (χ1n) is 12.7. The molecule has 1 aromatic carbocycles. The topological polar surface area (TPSA) is 121 Å². The maximum Gasteiger partial charge on any atom is 0.409 e. The Hall–Kier alpha value is -4.00. The highest BCUT2D eigenvalue weighted by atomic mass is 32.1. The van der Waals surface area contributed by atoms with E-state index in [1.165, 1.54) is 34.3 Å². The van der Waals surface area contributed by atoms with Crippen LogP contribution in [0.15, 0.2) is 35.3 Å². The van der Waals surface area contributed by atoms with Gasteiger partial charge in [-0.05, 0) is 31.5 Å². The highest BCUT2D eigenvalue weighted by Gasteiger charge is 2.51. The molecule has 1 fully saturated rings. The van der Waals surface area contributed by atoms with E-state index >= 15 is 0 Å². The van der Waals surface area contributed by atoms with Crippen LogP contribution in [0.25, 0.3) is 10.6 Å². The molecular weight excluding hydrogens is 527 g/mol. The second kappa shape index (κ2) is 10.3. The summed E-state index contributed by atoms with van der Waals surface area (Å²) in [6.07, 6.45) is 2.43. The number of likely N-dealkylation sites (tertiary alicyclic amines) is 1. The molecule has 0 radical (unpaired) electrons. The molecule has 1 N–H and O–H groups in total. The molecule has 5 rings (SSSR count). The van der Waals surface area contributed by atoms with Crippen molar-refractivity contribution in [2.24, 2.45) is 0 Å². The molecule has 206 valence electrons. The number of nitrogens with zero attached hydrogens (tertiary/aromatic N) is 6. The number of carbonyl (C=O) groups excluding carboxylic acids is 2. The van der Waals surface area contributed by atoms with Gasteiger partial charge in [0.1, 0.15) is 16.5 Å². The standard InChI is InChI=1S/C26H29FN6O5S/c1-4-32-24(36)20-22(35)21(34)18(23-29-28-19(39-23)14-16-6-8-17(27)9-7-16)15-33(20)30(3)26(32)10-12-31(13-11-26)25(37)38-5-2/h6-9,15,35H,4-5,10-14H2,1-3H3. The number of halogens is 1. The zero-order valence-electron chi connectivity index (χ0n) is 21.9. The summed E-state index contributed by atoms with van der Waals surface area (Å²) in [5.41, 5.74) is -0.664. The van der Waals surface area contributed by atoms with E-state index in [0.717, 1.165) is 5.56 Å². The minimum Gasteiger partial charge on any atom is -0.502 e. The summed E-state index contributed by atoms with van der Waals surface area (Å²) in [6, 6.07) is 6.04. The first-order valence-corrected chi connectivity index (χ1v) is 13.6. The highest BCUT2D eigenvalue weighted by Crippen LogP contribution is 2.38. The SMILES string of the molecule is CCOC(=O)N1CCC2(CC1)N(CC)C(=O)c1c(O)c(=O)c(-c3nnc(Cc4ccc(F)cc4)s3)cn1N2C. The molecular formula is C26H29FN6O5S. The molecule has 3 aromatic rings. The van der Waals surface area contributed by atoms with Gasteiger partial charge in [0.05, 0.1) is 12.2 Å². The first kappa shape index (κ1) is 26.6. The number of fused-ring (bicyclic) bond motifs is 1. The van der Waals surface area contributed by atoms with Gasteiger partial charge in [-0.15, -0.1) is 10.2 Å². The lowest BCUT2D eigenvalue weighted by Crippen LogP contribution is -2.72.